The molecule has 30 heavy (non-hydrogen) atoms. The van der Waals surface area contributed by atoms with Crippen molar-refractivity contribution in [3.8, 4) is 5.75 Å². The molecule has 2 aromatic rings. The minimum atomic E-state index is -2.91. The van der Waals surface area contributed by atoms with E-state index < -0.39 is 54.6 Å². The highest BCUT2D eigenvalue weighted by molar-refractivity contribution is 6.92. The zero-order valence-corrected chi connectivity index (χ0v) is 19.2. The predicted octanol–water partition coefficient (Wildman–Crippen LogP) is 4.06. The van der Waals surface area contributed by atoms with Crippen LogP contribution in [-0.4, -0.2) is 39.5 Å². The van der Waals surface area contributed by atoms with Gasteiger partial charge in [-0.1, -0.05) is 52.1 Å². The summed E-state index contributed by atoms with van der Waals surface area (Å²) in [7, 11) is -1.42. The molecule has 0 saturated carbocycles. The number of anilines is 1. The molecule has 0 atom stereocenters. The van der Waals surface area contributed by atoms with Gasteiger partial charge in [0.1, 0.15) is 0 Å². The highest BCUT2D eigenvalue weighted by Crippen LogP contribution is 2.38. The van der Waals surface area contributed by atoms with Gasteiger partial charge in [-0.15, -0.1) is 0 Å². The molecule has 0 fully saturated rings. The fraction of sp³-hybridized carbons (Fsp3) is 0.400. The van der Waals surface area contributed by atoms with Crippen LogP contribution in [0.4, 0.5) is 23.2 Å². The second-order valence-electron chi connectivity index (χ2n) is 8.51. The Hall–Kier alpha value is -2.04. The SMILES string of the molecule is CC(C)(C)[Si](C)(C)c1c(F)c(F)c(OB(O)O)c(F)c1F.CN(C)c1ccccc1. The maximum absolute atomic E-state index is 14.2. The minimum Gasteiger partial charge on any atom is -0.507 e. The second kappa shape index (κ2) is 9.85. The predicted molar refractivity (Wildman–Crippen MR) is 115 cm³/mol. The molecule has 166 valence electrons. The molecule has 0 saturated heterocycles. The summed E-state index contributed by atoms with van der Waals surface area (Å²) in [6.07, 6.45) is 0. The molecule has 2 N–H and O–H groups in total. The van der Waals surface area contributed by atoms with Crippen LogP contribution in [0, 0.1) is 23.3 Å². The topological polar surface area (TPSA) is 52.9 Å². The third kappa shape index (κ3) is 5.77. The molecule has 0 aliphatic rings. The van der Waals surface area contributed by atoms with Crippen molar-refractivity contribution in [1.82, 2.24) is 0 Å². The lowest BCUT2D eigenvalue weighted by Crippen LogP contribution is -2.53. The summed E-state index contributed by atoms with van der Waals surface area (Å²) in [6, 6.07) is 10.3. The van der Waals surface area contributed by atoms with E-state index in [2.05, 4.69) is 21.7 Å². The van der Waals surface area contributed by atoms with Crippen LogP contribution in [0.1, 0.15) is 20.8 Å². The van der Waals surface area contributed by atoms with Crippen molar-refractivity contribution in [2.75, 3.05) is 19.0 Å². The summed E-state index contributed by atoms with van der Waals surface area (Å²) in [6.45, 7) is 8.38. The third-order valence-electron chi connectivity index (χ3n) is 5.22. The molecule has 0 aromatic heterocycles. The Morgan fingerprint density at radius 1 is 0.867 bits per heavy atom. The lowest BCUT2D eigenvalue weighted by atomic mass is 10.2. The molecule has 0 spiro atoms. The van der Waals surface area contributed by atoms with Gasteiger partial charge in [0.25, 0.3) is 0 Å². The summed E-state index contributed by atoms with van der Waals surface area (Å²) in [4.78, 5) is 2.08. The molecule has 0 heterocycles. The van der Waals surface area contributed by atoms with E-state index in [4.69, 9.17) is 10.0 Å². The van der Waals surface area contributed by atoms with Gasteiger partial charge in [0, 0.05) is 25.0 Å². The van der Waals surface area contributed by atoms with Gasteiger partial charge in [-0.05, 0) is 17.2 Å². The molecule has 0 radical (unpaired) electrons. The number of benzene rings is 2. The Morgan fingerprint density at radius 3 is 1.60 bits per heavy atom. The van der Waals surface area contributed by atoms with Crippen molar-refractivity contribution >= 4 is 26.3 Å². The molecular formula is C20H28BF4NO3Si. The van der Waals surface area contributed by atoms with Crippen LogP contribution in [0.25, 0.3) is 0 Å². The minimum absolute atomic E-state index is 0.563. The lowest BCUT2D eigenvalue weighted by molar-refractivity contribution is 0.269. The molecule has 0 aliphatic heterocycles. The fourth-order valence-electron chi connectivity index (χ4n) is 2.47. The highest BCUT2D eigenvalue weighted by atomic mass is 28.3. The first-order chi connectivity index (χ1) is 13.6. The van der Waals surface area contributed by atoms with Crippen LogP contribution in [-0.2, 0) is 0 Å². The maximum Gasteiger partial charge on any atom is 0.707 e. The number of halogens is 4. The summed E-state index contributed by atoms with van der Waals surface area (Å²) in [5.74, 6) is -8.15. The van der Waals surface area contributed by atoms with E-state index in [1.807, 2.05) is 32.3 Å². The van der Waals surface area contributed by atoms with Gasteiger partial charge < -0.3 is 19.6 Å². The van der Waals surface area contributed by atoms with Crippen LogP contribution in [0.3, 0.4) is 0 Å². The highest BCUT2D eigenvalue weighted by Gasteiger charge is 2.44. The first kappa shape index (κ1) is 26.0. The standard InChI is InChI=1S/C12H17BF4O3Si.C8H11N/c1-12(2,3)21(4,5)11-8(16)6(14)10(20-13(18)19)7(15)9(11)17;1-9(2)8-6-4-3-5-7-8/h18-19H,1-5H3;3-7H,1-2H3. The largest absolute Gasteiger partial charge is 0.707 e. The quantitative estimate of drug-likeness (QED) is 0.424. The second-order valence-corrected chi connectivity index (χ2v) is 13.8. The number of hydrogen-bond donors (Lipinski definition) is 2. The molecule has 10 heteroatoms. The number of rotatable bonds is 4. The molecule has 4 nitrogen and oxygen atoms in total. The van der Waals surface area contributed by atoms with Crippen molar-refractivity contribution in [3.63, 3.8) is 0 Å². The number of nitrogens with zero attached hydrogens (tertiary/aromatic N) is 1. The van der Waals surface area contributed by atoms with Crippen LogP contribution >= 0.6 is 0 Å². The normalized spacial score (nSPS) is 11.5. The van der Waals surface area contributed by atoms with Crippen molar-refractivity contribution < 1.29 is 32.3 Å². The maximum atomic E-state index is 14.2. The first-order valence-electron chi connectivity index (χ1n) is 9.24. The smallest absolute Gasteiger partial charge is 0.507 e. The Balaban J connectivity index is 0.000000414. The monoisotopic (exact) mass is 445 g/mol. The Morgan fingerprint density at radius 2 is 1.30 bits per heavy atom. The fourth-order valence-corrected chi connectivity index (χ4v) is 4.54. The van der Waals surface area contributed by atoms with E-state index in [9.17, 15) is 17.6 Å². The summed E-state index contributed by atoms with van der Waals surface area (Å²) in [5, 5.41) is 15.9. The van der Waals surface area contributed by atoms with Gasteiger partial charge in [0.05, 0.1) is 8.07 Å². The third-order valence-corrected chi connectivity index (χ3v) is 10.7. The van der Waals surface area contributed by atoms with E-state index in [0.717, 1.165) is 0 Å². The molecular weight excluding hydrogens is 417 g/mol. The summed E-state index contributed by atoms with van der Waals surface area (Å²) < 4.78 is 60.1. The Kier molecular flexibility index (Phi) is 8.53. The molecule has 2 rings (SSSR count). The zero-order valence-electron chi connectivity index (χ0n) is 18.2. The van der Waals surface area contributed by atoms with Crippen LogP contribution < -0.4 is 14.7 Å². The molecule has 0 amide bonds. The van der Waals surface area contributed by atoms with Gasteiger partial charge in [-0.2, -0.15) is 8.78 Å². The van der Waals surface area contributed by atoms with Gasteiger partial charge in [0.15, 0.2) is 17.4 Å². The van der Waals surface area contributed by atoms with E-state index >= 15 is 0 Å². The van der Waals surface area contributed by atoms with Crippen molar-refractivity contribution in [2.45, 2.75) is 38.9 Å². The lowest BCUT2D eigenvalue weighted by Gasteiger charge is -2.37. The summed E-state index contributed by atoms with van der Waals surface area (Å²) in [5.41, 5.74) is 1.25. The van der Waals surface area contributed by atoms with Gasteiger partial charge in [-0.3, -0.25) is 0 Å². The molecule has 0 bridgehead atoms. The molecule has 0 aliphatic carbocycles. The van der Waals surface area contributed by atoms with Gasteiger partial charge in [-0.25, -0.2) is 8.78 Å². The average molecular weight is 445 g/mol. The van der Waals surface area contributed by atoms with Crippen LogP contribution in [0.2, 0.25) is 18.1 Å². The van der Waals surface area contributed by atoms with E-state index in [0.29, 0.717) is 0 Å². The first-order valence-corrected chi connectivity index (χ1v) is 12.2. The van der Waals surface area contributed by atoms with E-state index in [-0.39, 0.29) is 0 Å². The van der Waals surface area contributed by atoms with Crippen LogP contribution in [0.15, 0.2) is 30.3 Å². The molecule has 0 unspecified atom stereocenters. The molecule has 2 aromatic carbocycles. The van der Waals surface area contributed by atoms with Crippen molar-refractivity contribution in [2.24, 2.45) is 0 Å². The average Bonchev–Trinajstić information content (AvgIpc) is 2.63. The van der Waals surface area contributed by atoms with E-state index in [1.54, 1.807) is 33.9 Å². The number of hydrogen-bond acceptors (Lipinski definition) is 4. The van der Waals surface area contributed by atoms with Crippen molar-refractivity contribution in [3.05, 3.63) is 53.6 Å². The van der Waals surface area contributed by atoms with Gasteiger partial charge in [0.2, 0.25) is 11.6 Å². The zero-order chi connectivity index (χ0) is 23.4. The van der Waals surface area contributed by atoms with Crippen LogP contribution in [0.5, 0.6) is 5.75 Å². The van der Waals surface area contributed by atoms with Gasteiger partial charge >= 0.3 is 7.32 Å². The van der Waals surface area contributed by atoms with E-state index in [1.165, 1.54) is 5.69 Å². The Bertz CT molecular complexity index is 830. The van der Waals surface area contributed by atoms with Crippen molar-refractivity contribution in [1.29, 1.82) is 0 Å². The Labute approximate surface area is 176 Å². The summed E-state index contributed by atoms with van der Waals surface area (Å²) >= 11 is 0. The number of para-hydroxylation sites is 1.